The molecular formula is C21H30N4O. The molecular weight excluding hydrogens is 324 g/mol. The first kappa shape index (κ1) is 19.8. The van der Waals surface area contributed by atoms with Crippen LogP contribution >= 0.6 is 0 Å². The molecule has 0 atom stereocenters. The van der Waals surface area contributed by atoms with Gasteiger partial charge in [0.2, 0.25) is 0 Å². The highest BCUT2D eigenvalue weighted by molar-refractivity contribution is 5.79. The van der Waals surface area contributed by atoms with Crippen LogP contribution in [0.25, 0.3) is 0 Å². The molecule has 0 aliphatic carbocycles. The summed E-state index contributed by atoms with van der Waals surface area (Å²) in [5, 5.41) is 6.66. The van der Waals surface area contributed by atoms with E-state index in [9.17, 15) is 0 Å². The first-order valence-electron chi connectivity index (χ1n) is 9.26. The third-order valence-electron chi connectivity index (χ3n) is 3.74. The van der Waals surface area contributed by atoms with Crippen molar-refractivity contribution < 1.29 is 4.74 Å². The molecule has 0 saturated heterocycles. The predicted octanol–water partition coefficient (Wildman–Crippen LogP) is 3.48. The molecule has 1 heterocycles. The average Bonchev–Trinajstić information content (AvgIpc) is 2.61. The SMILES string of the molecule is CCNC(=NCc1ccc(C)cc1OC(C)C)NCCc1ccccn1. The van der Waals surface area contributed by atoms with E-state index in [4.69, 9.17) is 9.73 Å². The Morgan fingerprint density at radius 2 is 2.04 bits per heavy atom. The molecule has 0 bridgehead atoms. The van der Waals surface area contributed by atoms with E-state index in [1.165, 1.54) is 5.56 Å². The van der Waals surface area contributed by atoms with Gasteiger partial charge in [0.1, 0.15) is 5.75 Å². The largest absolute Gasteiger partial charge is 0.491 e. The minimum atomic E-state index is 0.143. The molecule has 2 aromatic rings. The number of aromatic nitrogens is 1. The Hall–Kier alpha value is -2.56. The molecule has 1 aromatic carbocycles. The molecule has 140 valence electrons. The summed E-state index contributed by atoms with van der Waals surface area (Å²) in [7, 11) is 0. The summed E-state index contributed by atoms with van der Waals surface area (Å²) in [6.07, 6.45) is 2.82. The average molecular weight is 354 g/mol. The van der Waals surface area contributed by atoms with E-state index in [1.807, 2.05) is 38.2 Å². The van der Waals surface area contributed by atoms with E-state index in [0.29, 0.717) is 6.54 Å². The molecule has 0 aliphatic heterocycles. The lowest BCUT2D eigenvalue weighted by atomic mass is 10.1. The Morgan fingerprint density at radius 1 is 1.19 bits per heavy atom. The highest BCUT2D eigenvalue weighted by Crippen LogP contribution is 2.22. The standard InChI is InChI=1S/C21H30N4O/c1-5-22-21(24-13-11-19-8-6-7-12-23-19)25-15-18-10-9-17(4)14-20(18)26-16(2)3/h6-10,12,14,16H,5,11,13,15H2,1-4H3,(H2,22,24,25). The zero-order chi connectivity index (χ0) is 18.8. The van der Waals surface area contributed by atoms with E-state index in [-0.39, 0.29) is 6.10 Å². The summed E-state index contributed by atoms with van der Waals surface area (Å²) in [5.41, 5.74) is 3.35. The number of benzene rings is 1. The summed E-state index contributed by atoms with van der Waals surface area (Å²) < 4.78 is 5.94. The van der Waals surface area contributed by atoms with Gasteiger partial charge < -0.3 is 15.4 Å². The lowest BCUT2D eigenvalue weighted by Gasteiger charge is -2.15. The summed E-state index contributed by atoms with van der Waals surface area (Å²) >= 11 is 0. The smallest absolute Gasteiger partial charge is 0.191 e. The number of aliphatic imine (C=N–C) groups is 1. The van der Waals surface area contributed by atoms with Crippen molar-refractivity contribution in [1.29, 1.82) is 0 Å². The first-order chi connectivity index (χ1) is 12.6. The van der Waals surface area contributed by atoms with Gasteiger partial charge in [-0.3, -0.25) is 4.98 Å². The summed E-state index contributed by atoms with van der Waals surface area (Å²) in [6, 6.07) is 12.2. The van der Waals surface area contributed by atoms with Crippen LogP contribution in [-0.4, -0.2) is 30.1 Å². The Kier molecular flexibility index (Phi) is 7.93. The van der Waals surface area contributed by atoms with Gasteiger partial charge >= 0.3 is 0 Å². The quantitative estimate of drug-likeness (QED) is 0.563. The molecule has 0 spiro atoms. The van der Waals surface area contributed by atoms with Gasteiger partial charge in [-0.2, -0.15) is 0 Å². The van der Waals surface area contributed by atoms with Crippen molar-refractivity contribution in [1.82, 2.24) is 15.6 Å². The summed E-state index contributed by atoms with van der Waals surface area (Å²) in [4.78, 5) is 9.05. The number of pyridine rings is 1. The van der Waals surface area contributed by atoms with Crippen molar-refractivity contribution >= 4 is 5.96 Å². The maximum atomic E-state index is 5.94. The van der Waals surface area contributed by atoms with Crippen LogP contribution in [0.4, 0.5) is 0 Å². The predicted molar refractivity (Wildman–Crippen MR) is 108 cm³/mol. The number of rotatable bonds is 8. The van der Waals surface area contributed by atoms with Crippen LogP contribution in [-0.2, 0) is 13.0 Å². The zero-order valence-electron chi connectivity index (χ0n) is 16.2. The highest BCUT2D eigenvalue weighted by Gasteiger charge is 2.07. The third kappa shape index (κ3) is 6.75. The minimum absolute atomic E-state index is 0.143. The molecule has 1 aromatic heterocycles. The van der Waals surface area contributed by atoms with Gasteiger partial charge in [-0.25, -0.2) is 4.99 Å². The topological polar surface area (TPSA) is 58.5 Å². The molecule has 0 unspecified atom stereocenters. The Balaban J connectivity index is 1.99. The van der Waals surface area contributed by atoms with Gasteiger partial charge in [0.05, 0.1) is 12.6 Å². The van der Waals surface area contributed by atoms with Crippen molar-refractivity contribution in [3.8, 4) is 5.75 Å². The highest BCUT2D eigenvalue weighted by atomic mass is 16.5. The van der Waals surface area contributed by atoms with Crippen LogP contribution in [0.15, 0.2) is 47.6 Å². The van der Waals surface area contributed by atoms with Crippen LogP contribution in [0.5, 0.6) is 5.75 Å². The molecule has 0 aliphatic rings. The van der Waals surface area contributed by atoms with Gasteiger partial charge in [0.25, 0.3) is 0 Å². The zero-order valence-corrected chi connectivity index (χ0v) is 16.2. The molecule has 26 heavy (non-hydrogen) atoms. The van der Waals surface area contributed by atoms with Crippen LogP contribution in [0.1, 0.15) is 37.6 Å². The molecule has 0 amide bonds. The van der Waals surface area contributed by atoms with Crippen molar-refractivity contribution in [2.24, 2.45) is 4.99 Å². The monoisotopic (exact) mass is 354 g/mol. The number of nitrogens with one attached hydrogen (secondary N) is 2. The normalized spacial score (nSPS) is 11.5. The van der Waals surface area contributed by atoms with E-state index >= 15 is 0 Å². The molecule has 5 nitrogen and oxygen atoms in total. The van der Waals surface area contributed by atoms with E-state index < -0.39 is 0 Å². The van der Waals surface area contributed by atoms with Crippen molar-refractivity contribution in [2.75, 3.05) is 13.1 Å². The molecule has 5 heteroatoms. The van der Waals surface area contributed by atoms with Gasteiger partial charge in [0, 0.05) is 37.0 Å². The number of hydrogen-bond acceptors (Lipinski definition) is 3. The molecule has 0 radical (unpaired) electrons. The fourth-order valence-electron chi connectivity index (χ4n) is 2.52. The summed E-state index contributed by atoms with van der Waals surface area (Å²) in [5.74, 6) is 1.72. The molecule has 2 rings (SSSR count). The second-order valence-corrected chi connectivity index (χ2v) is 6.47. The third-order valence-corrected chi connectivity index (χ3v) is 3.74. The lowest BCUT2D eigenvalue weighted by Crippen LogP contribution is -2.38. The van der Waals surface area contributed by atoms with E-state index in [1.54, 1.807) is 0 Å². The van der Waals surface area contributed by atoms with Crippen LogP contribution in [0.2, 0.25) is 0 Å². The van der Waals surface area contributed by atoms with Gasteiger partial charge in [-0.05, 0) is 51.5 Å². The molecule has 0 fully saturated rings. The Bertz CT molecular complexity index is 698. The van der Waals surface area contributed by atoms with Crippen molar-refractivity contribution in [2.45, 2.75) is 46.8 Å². The van der Waals surface area contributed by atoms with Gasteiger partial charge in [-0.1, -0.05) is 18.2 Å². The maximum absolute atomic E-state index is 5.94. The minimum Gasteiger partial charge on any atom is -0.491 e. The second-order valence-electron chi connectivity index (χ2n) is 6.47. The van der Waals surface area contributed by atoms with Crippen LogP contribution in [0, 0.1) is 6.92 Å². The Labute approximate surface area is 156 Å². The number of hydrogen-bond donors (Lipinski definition) is 2. The second kappa shape index (κ2) is 10.4. The number of guanidine groups is 1. The van der Waals surface area contributed by atoms with Gasteiger partial charge in [0.15, 0.2) is 5.96 Å². The lowest BCUT2D eigenvalue weighted by molar-refractivity contribution is 0.240. The molecule has 0 saturated carbocycles. The number of aryl methyl sites for hydroxylation is 1. The van der Waals surface area contributed by atoms with E-state index in [2.05, 4.69) is 47.7 Å². The Morgan fingerprint density at radius 3 is 2.73 bits per heavy atom. The van der Waals surface area contributed by atoms with Crippen molar-refractivity contribution in [3.05, 3.63) is 59.4 Å². The number of ether oxygens (including phenoxy) is 1. The fourth-order valence-corrected chi connectivity index (χ4v) is 2.52. The van der Waals surface area contributed by atoms with Crippen LogP contribution in [0.3, 0.4) is 0 Å². The van der Waals surface area contributed by atoms with Crippen molar-refractivity contribution in [3.63, 3.8) is 0 Å². The van der Waals surface area contributed by atoms with E-state index in [0.717, 1.165) is 42.5 Å². The van der Waals surface area contributed by atoms with Gasteiger partial charge in [-0.15, -0.1) is 0 Å². The number of nitrogens with zero attached hydrogens (tertiary/aromatic N) is 2. The maximum Gasteiger partial charge on any atom is 0.191 e. The first-order valence-corrected chi connectivity index (χ1v) is 9.26. The fraction of sp³-hybridized carbons (Fsp3) is 0.429. The summed E-state index contributed by atoms with van der Waals surface area (Å²) in [6.45, 7) is 10.4. The van der Waals surface area contributed by atoms with Crippen LogP contribution < -0.4 is 15.4 Å². The molecule has 2 N–H and O–H groups in total.